The smallest absolute Gasteiger partial charge is 0.344 e. The molecular formula is C12H20N2O4. The van der Waals surface area contributed by atoms with Crippen LogP contribution in [-0.2, 0) is 19.1 Å². The monoisotopic (exact) mass is 256 g/mol. The van der Waals surface area contributed by atoms with Crippen molar-refractivity contribution in [2.75, 3.05) is 13.2 Å². The van der Waals surface area contributed by atoms with Gasteiger partial charge in [-0.25, -0.2) is 10.6 Å². The Kier molecular flexibility index (Phi) is 8.30. The van der Waals surface area contributed by atoms with Gasteiger partial charge in [-0.2, -0.15) is 0 Å². The van der Waals surface area contributed by atoms with Crippen LogP contribution in [0.3, 0.4) is 0 Å². The molecule has 0 atom stereocenters. The van der Waals surface area contributed by atoms with Crippen LogP contribution < -0.4 is 11.3 Å². The Bertz CT molecular complexity index is 348. The zero-order valence-electron chi connectivity index (χ0n) is 11.0. The van der Waals surface area contributed by atoms with E-state index >= 15 is 0 Å². The number of hydrazine groups is 1. The molecule has 3 N–H and O–H groups in total. The number of ether oxygens (including phenoxy) is 2. The lowest BCUT2D eigenvalue weighted by atomic mass is 10.1. The van der Waals surface area contributed by atoms with E-state index in [0.29, 0.717) is 17.8 Å². The van der Waals surface area contributed by atoms with Gasteiger partial charge < -0.3 is 9.47 Å². The van der Waals surface area contributed by atoms with Crippen molar-refractivity contribution in [2.24, 2.45) is 5.84 Å². The molecule has 0 unspecified atom stereocenters. The van der Waals surface area contributed by atoms with E-state index in [2.05, 4.69) is 0 Å². The molecule has 0 fully saturated rings. The second-order valence-electron chi connectivity index (χ2n) is 3.26. The zero-order chi connectivity index (χ0) is 14.0. The fraction of sp³-hybridized carbons (Fsp3) is 0.500. The van der Waals surface area contributed by atoms with Gasteiger partial charge in [-0.15, -0.1) is 0 Å². The van der Waals surface area contributed by atoms with Gasteiger partial charge in [0.15, 0.2) is 6.61 Å². The predicted molar refractivity (Wildman–Crippen MR) is 67.0 cm³/mol. The summed E-state index contributed by atoms with van der Waals surface area (Å²) in [4.78, 5) is 22.7. The minimum Gasteiger partial charge on any atom is -0.481 e. The quantitative estimate of drug-likeness (QED) is 0.134. The third kappa shape index (κ3) is 5.49. The highest BCUT2D eigenvalue weighted by Crippen LogP contribution is 2.12. The first-order valence-electron chi connectivity index (χ1n) is 5.75. The maximum absolute atomic E-state index is 11.5. The average molecular weight is 256 g/mol. The Hall–Kier alpha value is -1.82. The molecule has 0 saturated carbocycles. The first-order valence-corrected chi connectivity index (χ1v) is 5.75. The molecule has 6 heteroatoms. The normalized spacial score (nSPS) is 12.0. The SMILES string of the molecule is C/C=C\C(OCC(=O)OCC)=C(/CC)C(=O)NN. The number of esters is 1. The number of hydrogen-bond donors (Lipinski definition) is 2. The summed E-state index contributed by atoms with van der Waals surface area (Å²) in [5, 5.41) is 0. The highest BCUT2D eigenvalue weighted by molar-refractivity contribution is 5.93. The van der Waals surface area contributed by atoms with Gasteiger partial charge in [-0.1, -0.05) is 13.0 Å². The van der Waals surface area contributed by atoms with Crippen molar-refractivity contribution in [2.45, 2.75) is 27.2 Å². The van der Waals surface area contributed by atoms with E-state index in [9.17, 15) is 9.59 Å². The Morgan fingerprint density at radius 1 is 1.28 bits per heavy atom. The van der Waals surface area contributed by atoms with E-state index in [0.717, 1.165) is 0 Å². The van der Waals surface area contributed by atoms with Crippen LogP contribution in [0.25, 0.3) is 0 Å². The van der Waals surface area contributed by atoms with Crippen LogP contribution in [0, 0.1) is 0 Å². The Morgan fingerprint density at radius 3 is 2.39 bits per heavy atom. The minimum absolute atomic E-state index is 0.241. The van der Waals surface area contributed by atoms with Crippen molar-refractivity contribution in [1.82, 2.24) is 5.43 Å². The van der Waals surface area contributed by atoms with E-state index in [-0.39, 0.29) is 13.2 Å². The summed E-state index contributed by atoms with van der Waals surface area (Å²) >= 11 is 0. The van der Waals surface area contributed by atoms with Gasteiger partial charge in [0.05, 0.1) is 12.2 Å². The third-order valence-electron chi connectivity index (χ3n) is 2.03. The van der Waals surface area contributed by atoms with Crippen molar-refractivity contribution in [1.29, 1.82) is 0 Å². The molecule has 0 saturated heterocycles. The number of carbonyl (C=O) groups is 2. The highest BCUT2D eigenvalue weighted by atomic mass is 16.6. The van der Waals surface area contributed by atoms with Gasteiger partial charge in [0.25, 0.3) is 5.91 Å². The molecule has 0 aliphatic heterocycles. The van der Waals surface area contributed by atoms with Crippen LogP contribution in [0.1, 0.15) is 27.2 Å². The topological polar surface area (TPSA) is 90.6 Å². The maximum Gasteiger partial charge on any atom is 0.344 e. The lowest BCUT2D eigenvalue weighted by Crippen LogP contribution is -2.32. The van der Waals surface area contributed by atoms with Crippen LogP contribution in [0.2, 0.25) is 0 Å². The molecule has 0 rings (SSSR count). The van der Waals surface area contributed by atoms with E-state index < -0.39 is 11.9 Å². The highest BCUT2D eigenvalue weighted by Gasteiger charge is 2.13. The van der Waals surface area contributed by atoms with Crippen LogP contribution in [-0.4, -0.2) is 25.1 Å². The Labute approximate surface area is 107 Å². The summed E-state index contributed by atoms with van der Waals surface area (Å²) in [5.74, 6) is 4.48. The molecule has 0 spiro atoms. The molecule has 0 radical (unpaired) electrons. The first kappa shape index (κ1) is 16.2. The summed E-state index contributed by atoms with van der Waals surface area (Å²) in [6, 6.07) is 0. The molecule has 0 heterocycles. The van der Waals surface area contributed by atoms with E-state index in [1.807, 2.05) is 5.43 Å². The Balaban J connectivity index is 4.87. The van der Waals surface area contributed by atoms with Gasteiger partial charge in [-0.05, 0) is 26.3 Å². The lowest BCUT2D eigenvalue weighted by Gasteiger charge is -2.11. The molecule has 6 nitrogen and oxygen atoms in total. The molecule has 18 heavy (non-hydrogen) atoms. The van der Waals surface area contributed by atoms with Crippen molar-refractivity contribution in [3.05, 3.63) is 23.5 Å². The van der Waals surface area contributed by atoms with Crippen LogP contribution in [0.4, 0.5) is 0 Å². The average Bonchev–Trinajstić information content (AvgIpc) is 2.36. The fourth-order valence-electron chi connectivity index (χ4n) is 1.26. The summed E-state index contributed by atoms with van der Waals surface area (Å²) in [6.45, 7) is 5.33. The summed E-state index contributed by atoms with van der Waals surface area (Å²) in [7, 11) is 0. The summed E-state index contributed by atoms with van der Waals surface area (Å²) < 4.78 is 10.0. The molecule has 0 aliphatic carbocycles. The van der Waals surface area contributed by atoms with Gasteiger partial charge in [0.2, 0.25) is 0 Å². The van der Waals surface area contributed by atoms with Crippen molar-refractivity contribution < 1.29 is 19.1 Å². The Morgan fingerprint density at radius 2 is 1.94 bits per heavy atom. The number of nitrogens with two attached hydrogens (primary N) is 1. The molecule has 0 aromatic carbocycles. The molecular weight excluding hydrogens is 236 g/mol. The van der Waals surface area contributed by atoms with Crippen LogP contribution in [0.5, 0.6) is 0 Å². The van der Waals surface area contributed by atoms with Gasteiger partial charge in [0.1, 0.15) is 5.76 Å². The second kappa shape index (κ2) is 9.23. The van der Waals surface area contributed by atoms with E-state index in [1.54, 1.807) is 32.9 Å². The summed E-state index contributed by atoms with van der Waals surface area (Å²) in [6.07, 6.45) is 3.75. The van der Waals surface area contributed by atoms with Crippen LogP contribution in [0.15, 0.2) is 23.5 Å². The first-order chi connectivity index (χ1) is 8.60. The zero-order valence-corrected chi connectivity index (χ0v) is 11.0. The standard InChI is InChI=1S/C12H20N2O4/c1-4-7-10(9(5-2)12(16)14-13)18-8-11(15)17-6-3/h4,7H,5-6,8,13H2,1-3H3,(H,14,16)/b7-4-,10-9-. The van der Waals surface area contributed by atoms with E-state index in [1.165, 1.54) is 0 Å². The predicted octanol–water partition coefficient (Wildman–Crippen LogP) is 0.796. The lowest BCUT2D eigenvalue weighted by molar-refractivity contribution is -0.147. The van der Waals surface area contributed by atoms with Crippen molar-refractivity contribution >= 4 is 11.9 Å². The van der Waals surface area contributed by atoms with Gasteiger partial charge in [0, 0.05) is 0 Å². The number of amides is 1. The number of hydrogen-bond acceptors (Lipinski definition) is 5. The number of carbonyl (C=O) groups excluding carboxylic acids is 2. The maximum atomic E-state index is 11.5. The molecule has 0 aliphatic rings. The van der Waals surface area contributed by atoms with Crippen LogP contribution >= 0.6 is 0 Å². The minimum atomic E-state index is -0.483. The number of allylic oxidation sites excluding steroid dienone is 2. The van der Waals surface area contributed by atoms with Crippen molar-refractivity contribution in [3.8, 4) is 0 Å². The molecule has 0 aromatic heterocycles. The van der Waals surface area contributed by atoms with Gasteiger partial charge in [-0.3, -0.25) is 10.2 Å². The molecule has 1 amide bonds. The largest absolute Gasteiger partial charge is 0.481 e. The molecule has 0 bridgehead atoms. The summed E-state index contributed by atoms with van der Waals surface area (Å²) in [5.41, 5.74) is 2.42. The number of rotatable bonds is 7. The number of nitrogens with one attached hydrogen (secondary N) is 1. The van der Waals surface area contributed by atoms with E-state index in [4.69, 9.17) is 15.3 Å². The van der Waals surface area contributed by atoms with Crippen molar-refractivity contribution in [3.63, 3.8) is 0 Å². The third-order valence-corrected chi connectivity index (χ3v) is 2.03. The fourth-order valence-corrected chi connectivity index (χ4v) is 1.26. The van der Waals surface area contributed by atoms with Gasteiger partial charge >= 0.3 is 5.97 Å². The second-order valence-corrected chi connectivity index (χ2v) is 3.26. The molecule has 102 valence electrons. The molecule has 0 aromatic rings.